The van der Waals surface area contributed by atoms with E-state index in [1.807, 2.05) is 30.3 Å². The smallest absolute Gasteiger partial charge is 0.240 e. The summed E-state index contributed by atoms with van der Waals surface area (Å²) < 4.78 is 0. The van der Waals surface area contributed by atoms with Crippen LogP contribution in [0.25, 0.3) is 0 Å². The zero-order valence-corrected chi connectivity index (χ0v) is 14.0. The lowest BCUT2D eigenvalue weighted by Gasteiger charge is -2.01. The number of halogens is 2. The zero-order chi connectivity index (χ0) is 15.8. The number of hydrazone groups is 1. The highest BCUT2D eigenvalue weighted by molar-refractivity contribution is 7.99. The molecule has 0 aromatic heterocycles. The summed E-state index contributed by atoms with van der Waals surface area (Å²) >= 11 is 13.4. The van der Waals surface area contributed by atoms with E-state index in [0.29, 0.717) is 22.2 Å². The minimum absolute atomic E-state index is 0.125. The summed E-state index contributed by atoms with van der Waals surface area (Å²) in [5.74, 6) is 0.581. The molecule has 0 aliphatic heterocycles. The molecular weight excluding hydrogens is 339 g/mol. The molecule has 2 aromatic carbocycles. The molecule has 0 bridgehead atoms. The van der Waals surface area contributed by atoms with Crippen LogP contribution < -0.4 is 5.43 Å². The van der Waals surface area contributed by atoms with Crippen LogP contribution in [0.3, 0.4) is 0 Å². The highest BCUT2D eigenvalue weighted by atomic mass is 35.5. The van der Waals surface area contributed by atoms with E-state index in [1.165, 1.54) is 6.21 Å². The second-order valence-electron chi connectivity index (χ2n) is 4.38. The molecule has 0 fully saturated rings. The number of hydrogen-bond acceptors (Lipinski definition) is 3. The summed E-state index contributed by atoms with van der Waals surface area (Å²) in [4.78, 5) is 12.8. The van der Waals surface area contributed by atoms with Crippen molar-refractivity contribution in [3.63, 3.8) is 0 Å². The van der Waals surface area contributed by atoms with Crippen molar-refractivity contribution in [1.82, 2.24) is 5.43 Å². The molecule has 22 heavy (non-hydrogen) atoms. The molecule has 114 valence electrons. The molecule has 0 radical (unpaired) electrons. The number of nitrogens with one attached hydrogen (secondary N) is 1. The fraction of sp³-hybridized carbons (Fsp3) is 0.125. The predicted molar refractivity (Wildman–Crippen MR) is 94.0 cm³/mol. The van der Waals surface area contributed by atoms with Crippen molar-refractivity contribution in [2.24, 2.45) is 5.10 Å². The summed E-state index contributed by atoms with van der Waals surface area (Å²) in [7, 11) is 0. The van der Waals surface area contributed by atoms with Gasteiger partial charge >= 0.3 is 0 Å². The minimum Gasteiger partial charge on any atom is -0.273 e. The van der Waals surface area contributed by atoms with Crippen LogP contribution in [0.15, 0.2) is 58.5 Å². The zero-order valence-electron chi connectivity index (χ0n) is 11.6. The molecule has 2 rings (SSSR count). The molecule has 0 spiro atoms. The Kier molecular flexibility index (Phi) is 6.77. The van der Waals surface area contributed by atoms with Crippen molar-refractivity contribution in [2.45, 2.75) is 11.3 Å². The van der Waals surface area contributed by atoms with E-state index >= 15 is 0 Å². The third-order valence-electron chi connectivity index (χ3n) is 2.69. The van der Waals surface area contributed by atoms with Crippen molar-refractivity contribution < 1.29 is 4.79 Å². The van der Waals surface area contributed by atoms with Crippen LogP contribution in [0.2, 0.25) is 10.0 Å². The maximum atomic E-state index is 11.7. The van der Waals surface area contributed by atoms with Gasteiger partial charge in [-0.25, -0.2) is 5.43 Å². The minimum atomic E-state index is -0.125. The number of carbonyl (C=O) groups excluding carboxylic acids is 1. The number of benzene rings is 2. The molecule has 0 aliphatic carbocycles. The van der Waals surface area contributed by atoms with E-state index in [9.17, 15) is 4.79 Å². The lowest BCUT2D eigenvalue weighted by atomic mass is 10.2. The SMILES string of the molecule is O=C(CCSc1ccccc1)N/N=C\c1ccc(Cl)c(Cl)c1. The summed E-state index contributed by atoms with van der Waals surface area (Å²) in [5.41, 5.74) is 3.26. The number of nitrogens with zero attached hydrogens (tertiary/aromatic N) is 1. The Morgan fingerprint density at radius 2 is 1.91 bits per heavy atom. The fourth-order valence-electron chi connectivity index (χ4n) is 1.61. The molecule has 0 heterocycles. The standard InChI is InChI=1S/C16H14Cl2N2OS/c17-14-7-6-12(10-15(14)18)11-19-20-16(21)8-9-22-13-4-2-1-3-5-13/h1-7,10-11H,8-9H2,(H,20,21)/b19-11-. The molecule has 6 heteroatoms. The molecule has 1 N–H and O–H groups in total. The van der Waals surface area contributed by atoms with Crippen LogP contribution in [-0.4, -0.2) is 17.9 Å². The Morgan fingerprint density at radius 3 is 2.64 bits per heavy atom. The maximum Gasteiger partial charge on any atom is 0.240 e. The first kappa shape index (κ1) is 16.9. The Labute approximate surface area is 143 Å². The Balaban J connectivity index is 1.73. The van der Waals surface area contributed by atoms with Crippen molar-refractivity contribution >= 4 is 47.1 Å². The average molecular weight is 353 g/mol. The van der Waals surface area contributed by atoms with E-state index in [4.69, 9.17) is 23.2 Å². The monoisotopic (exact) mass is 352 g/mol. The van der Waals surface area contributed by atoms with Gasteiger partial charge in [0.1, 0.15) is 0 Å². The van der Waals surface area contributed by atoms with Gasteiger partial charge < -0.3 is 0 Å². The maximum absolute atomic E-state index is 11.7. The van der Waals surface area contributed by atoms with Crippen LogP contribution in [0.1, 0.15) is 12.0 Å². The van der Waals surface area contributed by atoms with Crippen LogP contribution >= 0.6 is 35.0 Å². The first-order valence-electron chi connectivity index (χ1n) is 6.60. The average Bonchev–Trinajstić information content (AvgIpc) is 2.52. The van der Waals surface area contributed by atoms with Crippen molar-refractivity contribution in [3.05, 3.63) is 64.1 Å². The summed E-state index contributed by atoms with van der Waals surface area (Å²) in [5, 5.41) is 4.84. The third kappa shape index (κ3) is 5.72. The molecule has 0 saturated carbocycles. The lowest BCUT2D eigenvalue weighted by Crippen LogP contribution is -2.17. The molecule has 0 saturated heterocycles. The van der Waals surface area contributed by atoms with Gasteiger partial charge in [0, 0.05) is 17.1 Å². The van der Waals surface area contributed by atoms with Crippen LogP contribution in [0.4, 0.5) is 0 Å². The molecule has 1 amide bonds. The summed E-state index contributed by atoms with van der Waals surface area (Å²) in [6.45, 7) is 0. The number of hydrogen-bond donors (Lipinski definition) is 1. The van der Waals surface area contributed by atoms with Gasteiger partial charge in [0.05, 0.1) is 16.3 Å². The van der Waals surface area contributed by atoms with Gasteiger partial charge in [-0.3, -0.25) is 4.79 Å². The molecule has 2 aromatic rings. The van der Waals surface area contributed by atoms with Crippen molar-refractivity contribution in [2.75, 3.05) is 5.75 Å². The quantitative estimate of drug-likeness (QED) is 0.468. The molecule has 3 nitrogen and oxygen atoms in total. The Hall–Kier alpha value is -1.49. The van der Waals surface area contributed by atoms with Crippen molar-refractivity contribution in [3.8, 4) is 0 Å². The molecule has 0 aliphatic rings. The van der Waals surface area contributed by atoms with E-state index in [1.54, 1.807) is 30.0 Å². The molecular formula is C16H14Cl2N2OS. The lowest BCUT2D eigenvalue weighted by molar-refractivity contribution is -0.120. The van der Waals surface area contributed by atoms with E-state index < -0.39 is 0 Å². The number of amides is 1. The normalized spacial score (nSPS) is 10.8. The highest BCUT2D eigenvalue weighted by Crippen LogP contribution is 2.21. The first-order chi connectivity index (χ1) is 10.6. The van der Waals surface area contributed by atoms with Crippen LogP contribution in [0, 0.1) is 0 Å². The summed E-state index contributed by atoms with van der Waals surface area (Å²) in [6, 6.07) is 15.1. The van der Waals surface area contributed by atoms with Gasteiger partial charge in [0.25, 0.3) is 0 Å². The van der Waals surface area contributed by atoms with Gasteiger partial charge in [-0.15, -0.1) is 11.8 Å². The fourth-order valence-corrected chi connectivity index (χ4v) is 2.78. The largest absolute Gasteiger partial charge is 0.273 e. The molecule has 0 unspecified atom stereocenters. The van der Waals surface area contributed by atoms with Gasteiger partial charge in [0.15, 0.2) is 0 Å². The first-order valence-corrected chi connectivity index (χ1v) is 8.34. The van der Waals surface area contributed by atoms with Gasteiger partial charge in [-0.1, -0.05) is 47.5 Å². The van der Waals surface area contributed by atoms with Gasteiger partial charge in [-0.2, -0.15) is 5.10 Å². The highest BCUT2D eigenvalue weighted by Gasteiger charge is 2.01. The Bertz CT molecular complexity index is 662. The third-order valence-corrected chi connectivity index (χ3v) is 4.44. The second kappa shape index (κ2) is 8.83. The second-order valence-corrected chi connectivity index (χ2v) is 6.36. The van der Waals surface area contributed by atoms with Gasteiger partial charge in [0.2, 0.25) is 5.91 Å². The predicted octanol–water partition coefficient (Wildman–Crippen LogP) is 4.63. The number of rotatable bonds is 6. The number of thioether (sulfide) groups is 1. The van der Waals surface area contributed by atoms with E-state index in [2.05, 4.69) is 10.5 Å². The Morgan fingerprint density at radius 1 is 1.14 bits per heavy atom. The van der Waals surface area contributed by atoms with E-state index in [0.717, 1.165) is 10.5 Å². The van der Waals surface area contributed by atoms with Gasteiger partial charge in [-0.05, 0) is 29.8 Å². The van der Waals surface area contributed by atoms with E-state index in [-0.39, 0.29) is 5.91 Å². The van der Waals surface area contributed by atoms with Crippen molar-refractivity contribution in [1.29, 1.82) is 0 Å². The topological polar surface area (TPSA) is 41.5 Å². The summed E-state index contributed by atoms with van der Waals surface area (Å²) in [6.07, 6.45) is 1.93. The van der Waals surface area contributed by atoms with Crippen LogP contribution in [0.5, 0.6) is 0 Å². The number of carbonyl (C=O) groups is 1. The van der Waals surface area contributed by atoms with Crippen LogP contribution in [-0.2, 0) is 4.79 Å². The molecule has 0 atom stereocenters.